The van der Waals surface area contributed by atoms with Crippen LogP contribution in [-0.4, -0.2) is 36.7 Å². The van der Waals surface area contributed by atoms with Crippen LogP contribution in [0.15, 0.2) is 36.4 Å². The highest BCUT2D eigenvalue weighted by atomic mass is 32.1. The zero-order valence-electron chi connectivity index (χ0n) is 12.7. The average molecular weight is 335 g/mol. The molecule has 2 N–H and O–H groups in total. The summed E-state index contributed by atoms with van der Waals surface area (Å²) in [6.45, 7) is 2.11. The molecule has 6 nitrogen and oxygen atoms in total. The predicted molar refractivity (Wildman–Crippen MR) is 86.7 cm³/mol. The van der Waals surface area contributed by atoms with Crippen molar-refractivity contribution in [3.8, 4) is 11.5 Å². The highest BCUT2D eigenvalue weighted by Gasteiger charge is 2.14. The molecule has 0 spiro atoms. The number of carbonyl (C=O) groups is 2. The van der Waals surface area contributed by atoms with Gasteiger partial charge in [0.15, 0.2) is 11.5 Å². The molecule has 2 rings (SSSR count). The molecule has 0 aliphatic carbocycles. The summed E-state index contributed by atoms with van der Waals surface area (Å²) in [5, 5.41) is 11.6. The van der Waals surface area contributed by atoms with Crippen molar-refractivity contribution < 1.29 is 24.2 Å². The number of ether oxygens (including phenoxy) is 2. The van der Waals surface area contributed by atoms with Gasteiger partial charge < -0.3 is 19.9 Å². The van der Waals surface area contributed by atoms with Crippen molar-refractivity contribution >= 4 is 23.2 Å². The molecule has 1 atom stereocenters. The van der Waals surface area contributed by atoms with Crippen LogP contribution >= 0.6 is 11.3 Å². The highest BCUT2D eigenvalue weighted by Crippen LogP contribution is 2.26. The van der Waals surface area contributed by atoms with Gasteiger partial charge in [0.05, 0.1) is 18.5 Å². The van der Waals surface area contributed by atoms with Crippen molar-refractivity contribution in [2.24, 2.45) is 0 Å². The average Bonchev–Trinajstić information content (AvgIpc) is 3.03. The fourth-order valence-corrected chi connectivity index (χ4v) is 2.63. The lowest BCUT2D eigenvalue weighted by atomic mass is 10.3. The maximum atomic E-state index is 12.0. The fourth-order valence-electron chi connectivity index (χ4n) is 1.87. The van der Waals surface area contributed by atoms with Gasteiger partial charge in [0.25, 0.3) is 5.91 Å². The third-order valence-corrected chi connectivity index (χ3v) is 4.06. The summed E-state index contributed by atoms with van der Waals surface area (Å²) in [4.78, 5) is 23.3. The fraction of sp³-hybridized carbons (Fsp3) is 0.250. The molecular weight excluding hydrogens is 318 g/mol. The van der Waals surface area contributed by atoms with Crippen LogP contribution in [0.25, 0.3) is 0 Å². The molecule has 1 aromatic carbocycles. The molecule has 1 aromatic heterocycles. The van der Waals surface area contributed by atoms with Gasteiger partial charge in [-0.25, -0.2) is 4.79 Å². The predicted octanol–water partition coefficient (Wildman–Crippen LogP) is 2.65. The Kier molecular flexibility index (Phi) is 5.59. The van der Waals surface area contributed by atoms with E-state index in [0.29, 0.717) is 16.4 Å². The second-order valence-corrected chi connectivity index (χ2v) is 5.84. The lowest BCUT2D eigenvalue weighted by Gasteiger charge is -2.17. The Labute approximate surface area is 137 Å². The number of carboxylic acid groups (broad SMARTS) is 1. The second-order valence-electron chi connectivity index (χ2n) is 4.76. The Balaban J connectivity index is 1.89. The van der Waals surface area contributed by atoms with Gasteiger partial charge in [-0.05, 0) is 31.2 Å². The quantitative estimate of drug-likeness (QED) is 0.812. The SMILES string of the molecule is COc1ccccc1OC(C)CNC(=O)c1ccc(C(=O)O)s1. The molecule has 23 heavy (non-hydrogen) atoms. The molecule has 1 unspecified atom stereocenters. The van der Waals surface area contributed by atoms with E-state index in [1.165, 1.54) is 12.1 Å². The second kappa shape index (κ2) is 7.64. The van der Waals surface area contributed by atoms with Crippen molar-refractivity contribution in [2.45, 2.75) is 13.0 Å². The van der Waals surface area contributed by atoms with E-state index in [1.54, 1.807) is 19.2 Å². The minimum absolute atomic E-state index is 0.133. The van der Waals surface area contributed by atoms with E-state index in [4.69, 9.17) is 14.6 Å². The van der Waals surface area contributed by atoms with Crippen molar-refractivity contribution in [2.75, 3.05) is 13.7 Å². The number of carbonyl (C=O) groups excluding carboxylic acids is 1. The summed E-state index contributed by atoms with van der Waals surface area (Å²) in [5.41, 5.74) is 0. The number of amides is 1. The number of aromatic carboxylic acids is 1. The summed E-state index contributed by atoms with van der Waals surface area (Å²) < 4.78 is 10.9. The van der Waals surface area contributed by atoms with Crippen LogP contribution in [0.4, 0.5) is 0 Å². The Morgan fingerprint density at radius 1 is 1.17 bits per heavy atom. The lowest BCUT2D eigenvalue weighted by Crippen LogP contribution is -2.33. The summed E-state index contributed by atoms with van der Waals surface area (Å²) >= 11 is 0.938. The molecule has 0 fully saturated rings. The molecule has 2 aromatic rings. The number of carboxylic acids is 1. The van der Waals surface area contributed by atoms with Gasteiger partial charge in [-0.2, -0.15) is 0 Å². The van der Waals surface area contributed by atoms with Crippen LogP contribution in [0.2, 0.25) is 0 Å². The first kappa shape index (κ1) is 16.8. The molecule has 0 aliphatic rings. The van der Waals surface area contributed by atoms with E-state index < -0.39 is 5.97 Å². The Morgan fingerprint density at radius 3 is 2.43 bits per heavy atom. The first-order chi connectivity index (χ1) is 11.0. The van der Waals surface area contributed by atoms with E-state index in [0.717, 1.165) is 11.3 Å². The number of nitrogens with one attached hydrogen (secondary N) is 1. The molecule has 0 radical (unpaired) electrons. The maximum absolute atomic E-state index is 12.0. The summed E-state index contributed by atoms with van der Waals surface area (Å²) in [6.07, 6.45) is -0.269. The number of rotatable bonds is 7. The molecule has 122 valence electrons. The van der Waals surface area contributed by atoms with Crippen molar-refractivity contribution in [1.29, 1.82) is 0 Å². The van der Waals surface area contributed by atoms with Crippen LogP contribution in [0, 0.1) is 0 Å². The number of hydrogen-bond donors (Lipinski definition) is 2. The molecule has 1 heterocycles. The normalized spacial score (nSPS) is 11.6. The Morgan fingerprint density at radius 2 is 1.83 bits per heavy atom. The number of para-hydroxylation sites is 2. The van der Waals surface area contributed by atoms with Gasteiger partial charge in [0, 0.05) is 0 Å². The molecule has 0 aliphatic heterocycles. The van der Waals surface area contributed by atoms with E-state index in [9.17, 15) is 9.59 Å². The number of hydrogen-bond acceptors (Lipinski definition) is 5. The maximum Gasteiger partial charge on any atom is 0.345 e. The van der Waals surface area contributed by atoms with Crippen molar-refractivity contribution in [3.63, 3.8) is 0 Å². The smallest absolute Gasteiger partial charge is 0.345 e. The van der Waals surface area contributed by atoms with Crippen molar-refractivity contribution in [1.82, 2.24) is 5.32 Å². The van der Waals surface area contributed by atoms with Crippen LogP contribution in [0.3, 0.4) is 0 Å². The molecule has 7 heteroatoms. The van der Waals surface area contributed by atoms with Crippen LogP contribution in [0.1, 0.15) is 26.3 Å². The Bertz CT molecular complexity index is 697. The molecule has 0 saturated carbocycles. The van der Waals surface area contributed by atoms with E-state index in [1.807, 2.05) is 19.1 Å². The van der Waals surface area contributed by atoms with E-state index >= 15 is 0 Å². The zero-order chi connectivity index (χ0) is 16.8. The van der Waals surface area contributed by atoms with Gasteiger partial charge in [0.2, 0.25) is 0 Å². The number of methoxy groups -OCH3 is 1. The van der Waals surface area contributed by atoms with Crippen molar-refractivity contribution in [3.05, 3.63) is 46.2 Å². The minimum Gasteiger partial charge on any atom is -0.493 e. The third-order valence-electron chi connectivity index (χ3n) is 2.99. The minimum atomic E-state index is -1.04. The number of thiophene rings is 1. The standard InChI is InChI=1S/C16H17NO5S/c1-10(22-12-6-4-3-5-11(12)21-2)9-17-15(18)13-7-8-14(23-13)16(19)20/h3-8,10H,9H2,1-2H3,(H,17,18)(H,19,20). The van der Waals surface area contributed by atoms with Gasteiger partial charge in [-0.15, -0.1) is 11.3 Å². The van der Waals surface area contributed by atoms with Gasteiger partial charge in [-0.1, -0.05) is 12.1 Å². The van der Waals surface area contributed by atoms with Gasteiger partial charge in [0.1, 0.15) is 11.0 Å². The lowest BCUT2D eigenvalue weighted by molar-refractivity contribution is 0.0702. The van der Waals surface area contributed by atoms with E-state index in [-0.39, 0.29) is 23.4 Å². The van der Waals surface area contributed by atoms with Crippen LogP contribution in [0.5, 0.6) is 11.5 Å². The summed E-state index contributed by atoms with van der Waals surface area (Å²) in [7, 11) is 1.56. The third kappa shape index (κ3) is 4.46. The Hall–Kier alpha value is -2.54. The first-order valence-corrected chi connectivity index (χ1v) is 7.74. The van der Waals surface area contributed by atoms with Crippen LogP contribution < -0.4 is 14.8 Å². The highest BCUT2D eigenvalue weighted by molar-refractivity contribution is 7.15. The monoisotopic (exact) mass is 335 g/mol. The molecular formula is C16H17NO5S. The number of benzene rings is 1. The molecule has 1 amide bonds. The van der Waals surface area contributed by atoms with Gasteiger partial charge >= 0.3 is 5.97 Å². The zero-order valence-corrected chi connectivity index (χ0v) is 13.6. The topological polar surface area (TPSA) is 84.9 Å². The largest absolute Gasteiger partial charge is 0.493 e. The summed E-state index contributed by atoms with van der Waals surface area (Å²) in [6, 6.07) is 10.2. The first-order valence-electron chi connectivity index (χ1n) is 6.92. The molecule has 0 saturated heterocycles. The summed E-state index contributed by atoms with van der Waals surface area (Å²) in [5.74, 6) is -0.143. The van der Waals surface area contributed by atoms with Gasteiger partial charge in [-0.3, -0.25) is 4.79 Å². The molecule has 0 bridgehead atoms. The van der Waals surface area contributed by atoms with Crippen LogP contribution in [-0.2, 0) is 0 Å². The van der Waals surface area contributed by atoms with E-state index in [2.05, 4.69) is 5.32 Å².